The molecule has 0 heterocycles. The molecule has 27 heavy (non-hydrogen) atoms. The predicted molar refractivity (Wildman–Crippen MR) is 79.1 cm³/mol. The van der Waals surface area contributed by atoms with Gasteiger partial charge in [-0.1, -0.05) is 0 Å². The van der Waals surface area contributed by atoms with E-state index in [1.807, 2.05) is 0 Å². The minimum atomic E-state index is -5.09. The van der Waals surface area contributed by atoms with Crippen molar-refractivity contribution in [3.8, 4) is 5.75 Å². The molecule has 0 bridgehead atoms. The molecule has 11 heteroatoms. The Morgan fingerprint density at radius 1 is 1.11 bits per heavy atom. The summed E-state index contributed by atoms with van der Waals surface area (Å²) in [5.74, 6) is -3.24. The molecule has 0 spiro atoms. The number of carbonyl (C=O) groups is 2. The molecule has 152 valence electrons. The Labute approximate surface area is 150 Å². The average molecular weight is 402 g/mol. The zero-order valence-electron chi connectivity index (χ0n) is 14.2. The highest BCUT2D eigenvalue weighted by Crippen LogP contribution is 2.36. The van der Waals surface area contributed by atoms with Crippen LogP contribution in [-0.2, 0) is 20.4 Å². The quantitative estimate of drug-likeness (QED) is 0.297. The molecule has 1 aromatic rings. The van der Waals surface area contributed by atoms with Crippen molar-refractivity contribution in [1.29, 1.82) is 0 Å². The van der Waals surface area contributed by atoms with Crippen LogP contribution in [-0.4, -0.2) is 37.4 Å². The molecule has 0 aromatic heterocycles. The molecule has 0 radical (unpaired) electrons. The molecule has 0 fully saturated rings. The molecule has 0 saturated carbocycles. The van der Waals surface area contributed by atoms with Gasteiger partial charge in [0.25, 0.3) is 0 Å². The molecule has 0 saturated heterocycles. The number of esters is 2. The average Bonchev–Trinajstić information content (AvgIpc) is 2.51. The summed E-state index contributed by atoms with van der Waals surface area (Å²) in [7, 11) is 0. The van der Waals surface area contributed by atoms with Crippen molar-refractivity contribution in [2.75, 3.05) is 13.2 Å². The zero-order valence-corrected chi connectivity index (χ0v) is 14.2. The minimum Gasteiger partial charge on any atom is -0.449 e. The Bertz CT molecular complexity index is 668. The van der Waals surface area contributed by atoms with E-state index in [4.69, 9.17) is 4.74 Å². The van der Waals surface area contributed by atoms with Crippen molar-refractivity contribution in [3.05, 3.63) is 29.3 Å². The van der Waals surface area contributed by atoms with Gasteiger partial charge in [-0.25, -0.2) is 4.79 Å². The van der Waals surface area contributed by atoms with Crippen molar-refractivity contribution in [3.63, 3.8) is 0 Å². The van der Waals surface area contributed by atoms with Gasteiger partial charge in [0, 0.05) is 20.0 Å². The summed E-state index contributed by atoms with van der Waals surface area (Å²) in [5.41, 5.74) is -2.72. The molecule has 1 rings (SSSR count). The second-order valence-corrected chi connectivity index (χ2v) is 5.22. The predicted octanol–water partition coefficient (Wildman–Crippen LogP) is 4.15. The maximum atomic E-state index is 13.2. The second-order valence-electron chi connectivity index (χ2n) is 5.22. The molecular formula is C16H16F6O5. The molecule has 0 N–H and O–H groups in total. The summed E-state index contributed by atoms with van der Waals surface area (Å²) in [5, 5.41) is 0. The maximum Gasteiger partial charge on any atom is 0.425 e. The minimum absolute atomic E-state index is 0.119. The van der Waals surface area contributed by atoms with Gasteiger partial charge >= 0.3 is 24.3 Å². The third-order valence-corrected chi connectivity index (χ3v) is 3.12. The topological polar surface area (TPSA) is 61.8 Å². The van der Waals surface area contributed by atoms with Crippen molar-refractivity contribution < 1.29 is 50.1 Å². The second kappa shape index (κ2) is 9.07. The van der Waals surface area contributed by atoms with Crippen molar-refractivity contribution >= 4 is 11.9 Å². The van der Waals surface area contributed by atoms with E-state index in [0.717, 1.165) is 13.0 Å². The van der Waals surface area contributed by atoms with E-state index in [1.54, 1.807) is 0 Å². The number of rotatable bonds is 7. The first-order valence-corrected chi connectivity index (χ1v) is 7.61. The number of carbonyl (C=O) groups excluding carboxylic acids is 2. The molecule has 5 nitrogen and oxygen atoms in total. The van der Waals surface area contributed by atoms with Gasteiger partial charge < -0.3 is 14.2 Å². The first kappa shape index (κ1) is 22.7. The van der Waals surface area contributed by atoms with Crippen LogP contribution in [0.2, 0.25) is 0 Å². The molecule has 0 aliphatic rings. The van der Waals surface area contributed by atoms with Gasteiger partial charge in [0.2, 0.25) is 0 Å². The molecule has 0 amide bonds. The number of benzene rings is 1. The van der Waals surface area contributed by atoms with E-state index in [-0.39, 0.29) is 6.61 Å². The first-order valence-electron chi connectivity index (χ1n) is 7.61. The van der Waals surface area contributed by atoms with E-state index < -0.39 is 60.3 Å². The summed E-state index contributed by atoms with van der Waals surface area (Å²) in [6, 6.07) is 1.76. The van der Waals surface area contributed by atoms with Crippen LogP contribution in [0.25, 0.3) is 0 Å². The SMILES string of the molecule is CCOCC[C@@H](OC(=O)c1ccc(OC(C)=O)cc1C(F)(F)F)C(F)(F)F. The zero-order chi connectivity index (χ0) is 20.8. The van der Waals surface area contributed by atoms with Gasteiger partial charge in [0.1, 0.15) is 5.75 Å². The highest BCUT2D eigenvalue weighted by molar-refractivity contribution is 5.92. The van der Waals surface area contributed by atoms with Crippen LogP contribution < -0.4 is 4.74 Å². The standard InChI is InChI=1S/C16H16F6O5/c1-3-25-7-6-13(16(20,21)22)27-14(24)11-5-4-10(26-9(2)23)8-12(11)15(17,18)19/h4-5,8,13H,3,6-7H2,1-2H3/t13-/m1/s1. The van der Waals surface area contributed by atoms with Gasteiger partial charge in [-0.3, -0.25) is 4.79 Å². The van der Waals surface area contributed by atoms with Crippen LogP contribution in [0.3, 0.4) is 0 Å². The van der Waals surface area contributed by atoms with Gasteiger partial charge in [0.05, 0.1) is 17.7 Å². The summed E-state index contributed by atoms with van der Waals surface area (Å²) >= 11 is 0. The number of ether oxygens (including phenoxy) is 3. The Morgan fingerprint density at radius 2 is 1.74 bits per heavy atom. The maximum absolute atomic E-state index is 13.2. The summed E-state index contributed by atoms with van der Waals surface area (Å²) in [4.78, 5) is 22.8. The summed E-state index contributed by atoms with van der Waals surface area (Å²) < 4.78 is 91.8. The lowest BCUT2D eigenvalue weighted by Gasteiger charge is -2.21. The van der Waals surface area contributed by atoms with Gasteiger partial charge in [-0.15, -0.1) is 0 Å². The van der Waals surface area contributed by atoms with E-state index in [2.05, 4.69) is 9.47 Å². The Balaban J connectivity index is 3.14. The lowest BCUT2D eigenvalue weighted by Crippen LogP contribution is -2.35. The molecular weight excluding hydrogens is 386 g/mol. The van der Waals surface area contributed by atoms with Crippen molar-refractivity contribution in [2.45, 2.75) is 38.7 Å². The Hall–Kier alpha value is -2.30. The summed E-state index contributed by atoms with van der Waals surface area (Å²) in [6.45, 7) is 2.20. The Morgan fingerprint density at radius 3 is 2.22 bits per heavy atom. The number of halogens is 6. The van der Waals surface area contributed by atoms with Crippen molar-refractivity contribution in [2.24, 2.45) is 0 Å². The van der Waals surface area contributed by atoms with Crippen molar-refractivity contribution in [1.82, 2.24) is 0 Å². The van der Waals surface area contributed by atoms with Crippen LogP contribution >= 0.6 is 0 Å². The summed E-state index contributed by atoms with van der Waals surface area (Å²) in [6.07, 6.45) is -13.5. The molecule has 0 unspecified atom stereocenters. The number of alkyl halides is 6. The van der Waals surface area contributed by atoms with E-state index in [9.17, 15) is 35.9 Å². The molecule has 0 aliphatic heterocycles. The van der Waals surface area contributed by atoms with E-state index in [1.165, 1.54) is 6.92 Å². The monoisotopic (exact) mass is 402 g/mol. The molecule has 0 aliphatic carbocycles. The third kappa shape index (κ3) is 7.08. The van der Waals surface area contributed by atoms with Gasteiger partial charge in [-0.2, -0.15) is 26.3 Å². The van der Waals surface area contributed by atoms with Crippen LogP contribution in [0.5, 0.6) is 5.75 Å². The van der Waals surface area contributed by atoms with Gasteiger partial charge in [-0.05, 0) is 25.1 Å². The lowest BCUT2D eigenvalue weighted by molar-refractivity contribution is -0.208. The Kier molecular flexibility index (Phi) is 7.64. The van der Waals surface area contributed by atoms with E-state index in [0.29, 0.717) is 12.1 Å². The highest BCUT2D eigenvalue weighted by Gasteiger charge is 2.44. The van der Waals surface area contributed by atoms with Crippen LogP contribution in [0, 0.1) is 0 Å². The fraction of sp³-hybridized carbons (Fsp3) is 0.500. The largest absolute Gasteiger partial charge is 0.449 e. The normalized spacial score (nSPS) is 13.2. The fourth-order valence-corrected chi connectivity index (χ4v) is 1.98. The van der Waals surface area contributed by atoms with Crippen LogP contribution in [0.15, 0.2) is 18.2 Å². The number of hydrogen-bond donors (Lipinski definition) is 0. The lowest BCUT2D eigenvalue weighted by atomic mass is 10.1. The molecule has 1 atom stereocenters. The number of hydrogen-bond acceptors (Lipinski definition) is 5. The first-order chi connectivity index (χ1) is 12.4. The van der Waals surface area contributed by atoms with Crippen LogP contribution in [0.4, 0.5) is 26.3 Å². The third-order valence-electron chi connectivity index (χ3n) is 3.12. The van der Waals surface area contributed by atoms with E-state index >= 15 is 0 Å². The van der Waals surface area contributed by atoms with Gasteiger partial charge in [0.15, 0.2) is 6.10 Å². The fourth-order valence-electron chi connectivity index (χ4n) is 1.98. The smallest absolute Gasteiger partial charge is 0.425 e. The highest BCUT2D eigenvalue weighted by atomic mass is 19.4. The molecule has 1 aromatic carbocycles. The van der Waals surface area contributed by atoms with Crippen LogP contribution in [0.1, 0.15) is 36.2 Å².